The average molecular weight is 477 g/mol. The smallest absolute Gasteiger partial charge is 0.296 e. The number of halogens is 2. The maximum absolute atomic E-state index is 13.6. The molecule has 0 spiro atoms. The van der Waals surface area contributed by atoms with Crippen molar-refractivity contribution in [1.82, 2.24) is 14.3 Å². The third-order valence-corrected chi connectivity index (χ3v) is 5.94. The fraction of sp³-hybridized carbons (Fsp3) is 0.0800. The maximum atomic E-state index is 13.6. The predicted molar refractivity (Wildman–Crippen MR) is 130 cm³/mol. The van der Waals surface area contributed by atoms with E-state index in [-0.39, 0.29) is 16.3 Å². The lowest BCUT2D eigenvalue weighted by molar-refractivity contribution is 0.102. The number of amides is 1. The molecule has 7 nitrogen and oxygen atoms in total. The van der Waals surface area contributed by atoms with Crippen molar-refractivity contribution < 1.29 is 13.9 Å². The van der Waals surface area contributed by atoms with E-state index in [1.807, 2.05) is 24.3 Å². The van der Waals surface area contributed by atoms with Crippen LogP contribution in [0.3, 0.4) is 0 Å². The van der Waals surface area contributed by atoms with Crippen LogP contribution in [0.5, 0.6) is 5.75 Å². The van der Waals surface area contributed by atoms with Gasteiger partial charge in [0.25, 0.3) is 11.5 Å². The number of carbonyl (C=O) groups excluding carboxylic acids is 1. The van der Waals surface area contributed by atoms with Crippen LogP contribution in [0, 0.1) is 5.82 Å². The number of hydrogen-bond donors (Lipinski definition) is 1. The molecular formula is C25H18ClFN4O3. The van der Waals surface area contributed by atoms with Gasteiger partial charge < -0.3 is 14.6 Å². The molecule has 2 aromatic heterocycles. The molecule has 0 aliphatic carbocycles. The highest BCUT2D eigenvalue weighted by atomic mass is 35.5. The molecule has 1 amide bonds. The second-order valence-electron chi connectivity index (χ2n) is 7.65. The highest BCUT2D eigenvalue weighted by Crippen LogP contribution is 2.29. The lowest BCUT2D eigenvalue weighted by atomic mass is 10.1. The summed E-state index contributed by atoms with van der Waals surface area (Å²) >= 11 is 5.87. The molecule has 34 heavy (non-hydrogen) atoms. The van der Waals surface area contributed by atoms with Gasteiger partial charge in [-0.25, -0.2) is 4.39 Å². The van der Waals surface area contributed by atoms with Crippen LogP contribution in [-0.4, -0.2) is 27.4 Å². The number of methoxy groups -OCH3 is 1. The van der Waals surface area contributed by atoms with E-state index in [0.717, 1.165) is 11.6 Å². The van der Waals surface area contributed by atoms with Gasteiger partial charge in [-0.05, 0) is 48.5 Å². The second kappa shape index (κ2) is 8.31. The zero-order valence-electron chi connectivity index (χ0n) is 18.2. The Morgan fingerprint density at radius 1 is 1.09 bits per heavy atom. The standard InChI is InChI=1S/C25H18ClFN4O3/c1-30-20-6-4-3-5-17(20)21-22(24(32)28-14-7-12-19(27)18(26)13-14)29-31(25(33)23(21)30)15-8-10-16(34-2)11-9-15/h3-13H,1-2H3,(H,28,32). The van der Waals surface area contributed by atoms with E-state index in [1.165, 1.54) is 16.8 Å². The van der Waals surface area contributed by atoms with Crippen LogP contribution in [0.1, 0.15) is 10.5 Å². The number of aryl methyl sites for hydroxylation is 1. The Kier molecular flexibility index (Phi) is 5.30. The molecule has 0 atom stereocenters. The number of aromatic nitrogens is 3. The zero-order valence-corrected chi connectivity index (χ0v) is 18.9. The minimum atomic E-state index is -0.595. The minimum absolute atomic E-state index is 0.0441. The largest absolute Gasteiger partial charge is 0.497 e. The van der Waals surface area contributed by atoms with Crippen molar-refractivity contribution in [3.8, 4) is 11.4 Å². The molecular weight excluding hydrogens is 459 g/mol. The first-order valence-electron chi connectivity index (χ1n) is 10.3. The lowest BCUT2D eigenvalue weighted by Crippen LogP contribution is -2.27. The Morgan fingerprint density at radius 3 is 2.53 bits per heavy atom. The fourth-order valence-electron chi connectivity index (χ4n) is 4.00. The van der Waals surface area contributed by atoms with Gasteiger partial charge in [0, 0.05) is 29.0 Å². The highest BCUT2D eigenvalue weighted by molar-refractivity contribution is 6.31. The Bertz CT molecular complexity index is 1640. The van der Waals surface area contributed by atoms with Gasteiger partial charge in [-0.15, -0.1) is 0 Å². The maximum Gasteiger partial charge on any atom is 0.296 e. The molecule has 0 bridgehead atoms. The molecule has 1 N–H and O–H groups in total. The summed E-state index contributed by atoms with van der Waals surface area (Å²) in [5.41, 5.74) is 1.55. The van der Waals surface area contributed by atoms with Gasteiger partial charge >= 0.3 is 0 Å². The van der Waals surface area contributed by atoms with Gasteiger partial charge in [-0.2, -0.15) is 9.78 Å². The van der Waals surface area contributed by atoms with Gasteiger partial charge in [0.2, 0.25) is 0 Å². The number of benzene rings is 3. The number of para-hydroxylation sites is 1. The predicted octanol–water partition coefficient (Wildman–Crippen LogP) is 4.93. The first-order chi connectivity index (χ1) is 16.4. The number of anilines is 1. The minimum Gasteiger partial charge on any atom is -0.497 e. The summed E-state index contributed by atoms with van der Waals surface area (Å²) < 4.78 is 21.7. The van der Waals surface area contributed by atoms with Crippen LogP contribution < -0.4 is 15.6 Å². The summed E-state index contributed by atoms with van der Waals surface area (Å²) in [7, 11) is 3.32. The molecule has 3 aromatic carbocycles. The van der Waals surface area contributed by atoms with Crippen LogP contribution in [0.25, 0.3) is 27.5 Å². The van der Waals surface area contributed by atoms with E-state index in [0.29, 0.717) is 33.4 Å². The monoisotopic (exact) mass is 476 g/mol. The van der Waals surface area contributed by atoms with E-state index in [1.54, 1.807) is 43.0 Å². The molecule has 0 radical (unpaired) electrons. The number of carbonyl (C=O) groups is 1. The van der Waals surface area contributed by atoms with E-state index >= 15 is 0 Å². The molecule has 0 saturated heterocycles. The molecule has 0 fully saturated rings. The van der Waals surface area contributed by atoms with Crippen LogP contribution in [-0.2, 0) is 7.05 Å². The average Bonchev–Trinajstić information content (AvgIpc) is 3.15. The quantitative estimate of drug-likeness (QED) is 0.399. The van der Waals surface area contributed by atoms with Crippen molar-refractivity contribution in [2.45, 2.75) is 0 Å². The summed E-state index contributed by atoms with van der Waals surface area (Å²) in [6.07, 6.45) is 0. The number of fused-ring (bicyclic) bond motifs is 3. The fourth-order valence-corrected chi connectivity index (χ4v) is 4.18. The van der Waals surface area contributed by atoms with Gasteiger partial charge in [0.1, 0.15) is 17.1 Å². The SMILES string of the molecule is COc1ccc(-n2nc(C(=O)Nc3ccc(F)c(Cl)c3)c3c4ccccc4n(C)c3c2=O)cc1. The summed E-state index contributed by atoms with van der Waals surface area (Å²) in [6.45, 7) is 0. The summed E-state index contributed by atoms with van der Waals surface area (Å²) in [6, 6.07) is 18.0. The van der Waals surface area contributed by atoms with Crippen molar-refractivity contribution in [3.63, 3.8) is 0 Å². The molecule has 0 unspecified atom stereocenters. The highest BCUT2D eigenvalue weighted by Gasteiger charge is 2.23. The molecule has 5 rings (SSSR count). The van der Waals surface area contributed by atoms with Crippen molar-refractivity contribution in [2.75, 3.05) is 12.4 Å². The van der Waals surface area contributed by atoms with E-state index < -0.39 is 11.7 Å². The van der Waals surface area contributed by atoms with Crippen LogP contribution >= 0.6 is 11.6 Å². The summed E-state index contributed by atoms with van der Waals surface area (Å²) in [5, 5.41) is 8.19. The van der Waals surface area contributed by atoms with Crippen molar-refractivity contribution >= 4 is 45.0 Å². The molecule has 5 aromatic rings. The first-order valence-corrected chi connectivity index (χ1v) is 10.7. The first kappa shape index (κ1) is 21.7. The number of ether oxygens (including phenoxy) is 1. The molecule has 170 valence electrons. The van der Waals surface area contributed by atoms with Gasteiger partial charge in [0.15, 0.2) is 5.69 Å². The van der Waals surface area contributed by atoms with Crippen molar-refractivity contribution in [1.29, 1.82) is 0 Å². The normalized spacial score (nSPS) is 11.2. The lowest BCUT2D eigenvalue weighted by Gasteiger charge is -2.11. The topological polar surface area (TPSA) is 78.2 Å². The van der Waals surface area contributed by atoms with Crippen LogP contribution in [0.15, 0.2) is 71.5 Å². The second-order valence-corrected chi connectivity index (χ2v) is 8.05. The number of nitrogens with one attached hydrogen (secondary N) is 1. The summed E-state index contributed by atoms with van der Waals surface area (Å²) in [5.74, 6) is -0.540. The van der Waals surface area contributed by atoms with E-state index in [9.17, 15) is 14.0 Å². The van der Waals surface area contributed by atoms with Gasteiger partial charge in [0.05, 0.1) is 17.8 Å². The van der Waals surface area contributed by atoms with Crippen molar-refractivity contribution in [3.05, 3.63) is 93.6 Å². The molecule has 0 aliphatic heterocycles. The Hall–Kier alpha value is -4.17. The van der Waals surface area contributed by atoms with E-state index in [4.69, 9.17) is 16.3 Å². The Balaban J connectivity index is 1.76. The van der Waals surface area contributed by atoms with E-state index in [2.05, 4.69) is 10.4 Å². The number of nitrogens with zero attached hydrogens (tertiary/aromatic N) is 3. The number of rotatable bonds is 4. The summed E-state index contributed by atoms with van der Waals surface area (Å²) in [4.78, 5) is 27.0. The van der Waals surface area contributed by atoms with Gasteiger partial charge in [-0.3, -0.25) is 9.59 Å². The molecule has 2 heterocycles. The Labute approximate surface area is 197 Å². The third-order valence-electron chi connectivity index (χ3n) is 5.65. The van der Waals surface area contributed by atoms with Crippen LogP contribution in [0.2, 0.25) is 5.02 Å². The van der Waals surface area contributed by atoms with Gasteiger partial charge in [-0.1, -0.05) is 29.8 Å². The molecule has 9 heteroatoms. The van der Waals surface area contributed by atoms with Crippen molar-refractivity contribution in [2.24, 2.45) is 7.05 Å². The Morgan fingerprint density at radius 2 is 1.82 bits per heavy atom. The zero-order chi connectivity index (χ0) is 24.0. The third kappa shape index (κ3) is 3.48. The molecule has 0 saturated carbocycles. The molecule has 0 aliphatic rings. The number of hydrogen-bond acceptors (Lipinski definition) is 4. The van der Waals surface area contributed by atoms with Crippen LogP contribution in [0.4, 0.5) is 10.1 Å².